The number of aromatic nitrogens is 3. The molecule has 0 spiro atoms. The highest BCUT2D eigenvalue weighted by molar-refractivity contribution is 6.29. The van der Waals surface area contributed by atoms with Crippen LogP contribution < -0.4 is 10.2 Å². The third kappa shape index (κ3) is 4.26. The summed E-state index contributed by atoms with van der Waals surface area (Å²) in [7, 11) is 1.79. The fourth-order valence-corrected chi connectivity index (χ4v) is 3.65. The second-order valence-electron chi connectivity index (χ2n) is 7.38. The van der Waals surface area contributed by atoms with Gasteiger partial charge < -0.3 is 10.2 Å². The number of halogens is 2. The van der Waals surface area contributed by atoms with Gasteiger partial charge in [0.25, 0.3) is 0 Å². The van der Waals surface area contributed by atoms with Crippen LogP contribution in [0, 0.1) is 11.8 Å². The van der Waals surface area contributed by atoms with Crippen LogP contribution in [0.25, 0.3) is 0 Å². The molecule has 0 unspecified atom stereocenters. The number of hydrogen-bond acceptors (Lipinski definition) is 4. The van der Waals surface area contributed by atoms with Gasteiger partial charge in [0.1, 0.15) is 10.8 Å². The van der Waals surface area contributed by atoms with Crippen molar-refractivity contribution in [3.05, 3.63) is 40.9 Å². The molecule has 0 radical (unpaired) electrons. The summed E-state index contributed by atoms with van der Waals surface area (Å²) in [6.45, 7) is 1.65. The molecular weight excluding hydrogens is 365 g/mol. The van der Waals surface area contributed by atoms with Gasteiger partial charge in [-0.2, -0.15) is 5.10 Å². The monoisotopic (exact) mass is 387 g/mol. The molecule has 1 saturated carbocycles. The van der Waals surface area contributed by atoms with Crippen molar-refractivity contribution in [3.8, 4) is 11.8 Å². The van der Waals surface area contributed by atoms with E-state index in [0.717, 1.165) is 16.8 Å². The smallest absolute Gasteiger partial charge is 0.131 e. The van der Waals surface area contributed by atoms with Crippen molar-refractivity contribution in [3.63, 3.8) is 0 Å². The van der Waals surface area contributed by atoms with E-state index in [9.17, 15) is 4.39 Å². The zero-order valence-electron chi connectivity index (χ0n) is 15.4. The number of piperidine rings is 1. The van der Waals surface area contributed by atoms with Crippen molar-refractivity contribution in [2.75, 3.05) is 31.6 Å². The molecular formula is C20H23ClFN5. The molecule has 1 N–H and O–H groups in total. The normalized spacial score (nSPS) is 18.9. The number of rotatable bonds is 4. The Morgan fingerprint density at radius 2 is 2.07 bits per heavy atom. The van der Waals surface area contributed by atoms with E-state index < -0.39 is 5.67 Å². The second-order valence-corrected chi connectivity index (χ2v) is 7.77. The van der Waals surface area contributed by atoms with E-state index in [2.05, 4.69) is 32.1 Å². The van der Waals surface area contributed by atoms with Crippen LogP contribution in [-0.2, 0) is 0 Å². The van der Waals surface area contributed by atoms with E-state index in [1.165, 1.54) is 12.8 Å². The third-order valence-electron chi connectivity index (χ3n) is 5.21. The zero-order valence-corrected chi connectivity index (χ0v) is 16.1. The molecule has 4 rings (SSSR count). The number of anilines is 1. The molecule has 7 heteroatoms. The molecule has 2 aromatic heterocycles. The van der Waals surface area contributed by atoms with E-state index >= 15 is 0 Å². The van der Waals surface area contributed by atoms with Crippen LogP contribution >= 0.6 is 11.6 Å². The van der Waals surface area contributed by atoms with Gasteiger partial charge in [-0.05, 0) is 19.9 Å². The zero-order chi connectivity index (χ0) is 18.9. The van der Waals surface area contributed by atoms with Crippen molar-refractivity contribution >= 4 is 17.3 Å². The molecule has 1 aliphatic heterocycles. The van der Waals surface area contributed by atoms with E-state index in [-0.39, 0.29) is 0 Å². The molecule has 3 heterocycles. The van der Waals surface area contributed by atoms with Crippen LogP contribution in [0.2, 0.25) is 5.15 Å². The van der Waals surface area contributed by atoms with Gasteiger partial charge in [0, 0.05) is 50.9 Å². The van der Waals surface area contributed by atoms with Crippen molar-refractivity contribution in [1.29, 1.82) is 0 Å². The summed E-state index contributed by atoms with van der Waals surface area (Å²) in [5.41, 5.74) is 1.46. The Balaban J connectivity index is 1.53. The lowest BCUT2D eigenvalue weighted by Crippen LogP contribution is -2.46. The first-order chi connectivity index (χ1) is 13.1. The van der Waals surface area contributed by atoms with Crippen molar-refractivity contribution in [2.24, 2.45) is 0 Å². The minimum atomic E-state index is -1.15. The van der Waals surface area contributed by atoms with Gasteiger partial charge in [0.15, 0.2) is 0 Å². The Hall–Kier alpha value is -2.10. The van der Waals surface area contributed by atoms with Crippen molar-refractivity contribution < 1.29 is 4.39 Å². The first kappa shape index (κ1) is 18.3. The molecule has 0 atom stereocenters. The molecule has 0 amide bonds. The number of hydrogen-bond donors (Lipinski definition) is 1. The highest BCUT2D eigenvalue weighted by Gasteiger charge is 2.34. The summed E-state index contributed by atoms with van der Waals surface area (Å²) in [5.74, 6) is 6.37. The quantitative estimate of drug-likeness (QED) is 0.646. The van der Waals surface area contributed by atoms with Crippen LogP contribution in [0.5, 0.6) is 0 Å². The second kappa shape index (κ2) is 7.49. The summed E-state index contributed by atoms with van der Waals surface area (Å²) in [4.78, 5) is 6.33. The maximum atomic E-state index is 14.7. The van der Waals surface area contributed by atoms with Gasteiger partial charge in [0.2, 0.25) is 0 Å². The Kier molecular flexibility index (Phi) is 5.07. The van der Waals surface area contributed by atoms with Gasteiger partial charge in [-0.25, -0.2) is 9.37 Å². The van der Waals surface area contributed by atoms with Crippen LogP contribution in [0.15, 0.2) is 24.7 Å². The molecule has 27 heavy (non-hydrogen) atoms. The summed E-state index contributed by atoms with van der Waals surface area (Å²) < 4.78 is 16.7. The maximum Gasteiger partial charge on any atom is 0.131 e. The standard InChI is InChI=1S/C20H23ClFN5/c1-23-14-20(22)6-8-26(9-7-20)18-10-19(21)24-12-16(18)3-2-15-11-25-27(13-15)17-4-5-17/h10-13,17,23H,4-9,14H2,1H3. The number of alkyl halides is 1. The lowest BCUT2D eigenvalue weighted by Gasteiger charge is -2.38. The van der Waals surface area contributed by atoms with Crippen LogP contribution in [0.1, 0.15) is 42.9 Å². The maximum absolute atomic E-state index is 14.7. The molecule has 2 aliphatic rings. The van der Waals surface area contributed by atoms with Gasteiger partial charge in [-0.1, -0.05) is 23.4 Å². The largest absolute Gasteiger partial charge is 0.370 e. The van der Waals surface area contributed by atoms with Gasteiger partial charge in [0.05, 0.1) is 29.1 Å². The van der Waals surface area contributed by atoms with Crippen molar-refractivity contribution in [2.45, 2.75) is 37.4 Å². The SMILES string of the molecule is CNCC1(F)CCN(c2cc(Cl)ncc2C#Cc2cnn(C3CC3)c2)CC1. The molecule has 0 aromatic carbocycles. The lowest BCUT2D eigenvalue weighted by molar-refractivity contribution is 0.126. The van der Waals surface area contributed by atoms with E-state index in [1.807, 2.05) is 16.9 Å². The highest BCUT2D eigenvalue weighted by atomic mass is 35.5. The minimum Gasteiger partial charge on any atom is -0.370 e. The van der Waals surface area contributed by atoms with Crippen molar-refractivity contribution in [1.82, 2.24) is 20.1 Å². The summed E-state index contributed by atoms with van der Waals surface area (Å²) in [5, 5.41) is 7.74. The Labute approximate surface area is 163 Å². The first-order valence-corrected chi connectivity index (χ1v) is 9.74. The highest BCUT2D eigenvalue weighted by Crippen LogP contribution is 2.34. The predicted octanol–water partition coefficient (Wildman–Crippen LogP) is 3.19. The molecule has 2 fully saturated rings. The minimum absolute atomic E-state index is 0.385. The molecule has 2 aromatic rings. The fourth-order valence-electron chi connectivity index (χ4n) is 3.50. The average molecular weight is 388 g/mol. The van der Waals surface area contributed by atoms with Crippen LogP contribution in [-0.4, -0.2) is 47.1 Å². The number of pyridine rings is 1. The molecule has 142 valence electrons. The molecule has 1 saturated heterocycles. The molecule has 5 nitrogen and oxygen atoms in total. The summed E-state index contributed by atoms with van der Waals surface area (Å²) in [6.07, 6.45) is 8.83. The van der Waals surface area contributed by atoms with Gasteiger partial charge >= 0.3 is 0 Å². The fraction of sp³-hybridized carbons (Fsp3) is 0.500. The lowest BCUT2D eigenvalue weighted by atomic mass is 9.92. The topological polar surface area (TPSA) is 46.0 Å². The average Bonchev–Trinajstić information content (AvgIpc) is 3.40. The third-order valence-corrected chi connectivity index (χ3v) is 5.41. The van der Waals surface area contributed by atoms with Gasteiger partial charge in [-0.15, -0.1) is 0 Å². The number of nitrogens with one attached hydrogen (secondary N) is 1. The van der Waals surface area contributed by atoms with Gasteiger partial charge in [-0.3, -0.25) is 4.68 Å². The number of nitrogens with zero attached hydrogens (tertiary/aromatic N) is 4. The van der Waals surface area contributed by atoms with E-state index in [4.69, 9.17) is 11.6 Å². The predicted molar refractivity (Wildman–Crippen MR) is 105 cm³/mol. The van der Waals surface area contributed by atoms with Crippen LogP contribution in [0.4, 0.5) is 10.1 Å². The van der Waals surface area contributed by atoms with E-state index in [1.54, 1.807) is 19.4 Å². The Morgan fingerprint density at radius 1 is 1.30 bits per heavy atom. The first-order valence-electron chi connectivity index (χ1n) is 9.36. The van der Waals surface area contributed by atoms with E-state index in [0.29, 0.717) is 43.7 Å². The summed E-state index contributed by atoms with van der Waals surface area (Å²) in [6, 6.07) is 2.36. The molecule has 1 aliphatic carbocycles. The van der Waals surface area contributed by atoms with Crippen LogP contribution in [0.3, 0.4) is 0 Å². The Morgan fingerprint density at radius 3 is 2.78 bits per heavy atom. The Bertz CT molecular complexity index is 872. The summed E-state index contributed by atoms with van der Waals surface area (Å²) >= 11 is 6.12. The molecule has 0 bridgehead atoms.